The Balaban J connectivity index is 2.12. The lowest BCUT2D eigenvalue weighted by Gasteiger charge is -2.16. The molecule has 1 aliphatic heterocycles. The Morgan fingerprint density at radius 2 is 2.46 bits per heavy atom. The van der Waals surface area contributed by atoms with Gasteiger partial charge in [-0.25, -0.2) is 5.10 Å². The molecule has 1 saturated heterocycles. The van der Waals surface area contributed by atoms with Crippen LogP contribution in [0.3, 0.4) is 0 Å². The molecule has 0 aliphatic carbocycles. The van der Waals surface area contributed by atoms with Crippen LogP contribution in [0, 0.1) is 0 Å². The van der Waals surface area contributed by atoms with Gasteiger partial charge in [0.25, 0.3) is 0 Å². The van der Waals surface area contributed by atoms with Crippen molar-refractivity contribution in [2.45, 2.75) is 18.9 Å². The first-order valence-corrected chi connectivity index (χ1v) is 4.22. The highest BCUT2D eigenvalue weighted by atomic mass is 16.3. The molecule has 13 heavy (non-hydrogen) atoms. The van der Waals surface area contributed by atoms with Crippen LogP contribution in [0.4, 0.5) is 11.9 Å². The van der Waals surface area contributed by atoms with Crippen molar-refractivity contribution in [3.63, 3.8) is 0 Å². The molecule has 0 spiro atoms. The van der Waals surface area contributed by atoms with Crippen LogP contribution in [0.5, 0.6) is 0 Å². The van der Waals surface area contributed by atoms with Gasteiger partial charge < -0.3 is 15.7 Å². The molecular formula is C7H13N5O. The number of nitrogens with two attached hydrogens (primary N) is 1. The second-order valence-electron chi connectivity index (χ2n) is 3.69. The molecule has 1 aliphatic rings. The summed E-state index contributed by atoms with van der Waals surface area (Å²) in [5.41, 5.74) is 4.77. The van der Waals surface area contributed by atoms with Gasteiger partial charge in [-0.1, -0.05) is 0 Å². The molecule has 4 N–H and O–H groups in total. The zero-order valence-corrected chi connectivity index (χ0v) is 7.49. The van der Waals surface area contributed by atoms with E-state index in [4.69, 9.17) is 5.73 Å². The third-order valence-corrected chi connectivity index (χ3v) is 2.23. The van der Waals surface area contributed by atoms with Crippen molar-refractivity contribution in [3.05, 3.63) is 0 Å². The molecule has 1 aromatic heterocycles. The topological polar surface area (TPSA) is 91.1 Å². The number of anilines is 2. The van der Waals surface area contributed by atoms with Crippen molar-refractivity contribution in [2.24, 2.45) is 0 Å². The van der Waals surface area contributed by atoms with E-state index in [1.807, 2.05) is 11.8 Å². The van der Waals surface area contributed by atoms with E-state index >= 15 is 0 Å². The predicted molar refractivity (Wildman–Crippen MR) is 48.2 cm³/mol. The van der Waals surface area contributed by atoms with Gasteiger partial charge in [0.1, 0.15) is 0 Å². The van der Waals surface area contributed by atoms with Crippen molar-refractivity contribution in [1.82, 2.24) is 15.2 Å². The van der Waals surface area contributed by atoms with E-state index in [0.29, 0.717) is 18.4 Å². The number of H-pyrrole nitrogens is 1. The van der Waals surface area contributed by atoms with Gasteiger partial charge in [0.05, 0.1) is 5.60 Å². The molecule has 0 radical (unpaired) electrons. The van der Waals surface area contributed by atoms with Gasteiger partial charge >= 0.3 is 0 Å². The van der Waals surface area contributed by atoms with E-state index in [-0.39, 0.29) is 0 Å². The first kappa shape index (κ1) is 8.31. The minimum atomic E-state index is -0.630. The highest BCUT2D eigenvalue weighted by Gasteiger charge is 2.32. The number of hydrogen-bond donors (Lipinski definition) is 3. The van der Waals surface area contributed by atoms with Gasteiger partial charge in [-0.2, -0.15) is 4.98 Å². The van der Waals surface area contributed by atoms with Gasteiger partial charge in [0.2, 0.25) is 11.9 Å². The molecule has 0 saturated carbocycles. The number of aromatic nitrogens is 3. The molecular weight excluding hydrogens is 170 g/mol. The van der Waals surface area contributed by atoms with Crippen LogP contribution in [-0.4, -0.2) is 39.0 Å². The normalized spacial score (nSPS) is 28.3. The van der Waals surface area contributed by atoms with Crippen LogP contribution in [0.15, 0.2) is 0 Å². The number of aromatic amines is 1. The second-order valence-corrected chi connectivity index (χ2v) is 3.69. The van der Waals surface area contributed by atoms with Gasteiger partial charge in [-0.15, -0.1) is 5.10 Å². The fourth-order valence-corrected chi connectivity index (χ4v) is 1.52. The van der Waals surface area contributed by atoms with Crippen molar-refractivity contribution in [1.29, 1.82) is 0 Å². The standard InChI is InChI=1S/C7H13N5O/c1-7(13)2-3-12(4-7)6-9-5(8)10-11-6/h13H,2-4H2,1H3,(H3,8,9,10,11). The summed E-state index contributed by atoms with van der Waals surface area (Å²) in [6.07, 6.45) is 0.738. The Hall–Kier alpha value is -1.30. The molecule has 1 atom stereocenters. The summed E-state index contributed by atoms with van der Waals surface area (Å²) in [5, 5.41) is 16.2. The third-order valence-electron chi connectivity index (χ3n) is 2.23. The molecule has 0 bridgehead atoms. The number of β-amino-alcohol motifs (C(OH)–C–C–N with tert-alkyl or cyclic N) is 1. The average molecular weight is 183 g/mol. The fraction of sp³-hybridized carbons (Fsp3) is 0.714. The summed E-state index contributed by atoms with van der Waals surface area (Å²) < 4.78 is 0. The Morgan fingerprint density at radius 3 is 2.92 bits per heavy atom. The van der Waals surface area contributed by atoms with Gasteiger partial charge in [0, 0.05) is 13.1 Å². The Labute approximate surface area is 75.8 Å². The maximum atomic E-state index is 9.69. The minimum absolute atomic E-state index is 0.307. The maximum absolute atomic E-state index is 9.69. The monoisotopic (exact) mass is 183 g/mol. The molecule has 0 amide bonds. The van der Waals surface area contributed by atoms with Crippen LogP contribution in [0.25, 0.3) is 0 Å². The summed E-state index contributed by atoms with van der Waals surface area (Å²) in [5.74, 6) is 0.872. The highest BCUT2D eigenvalue weighted by molar-refractivity contribution is 5.36. The summed E-state index contributed by atoms with van der Waals surface area (Å²) >= 11 is 0. The zero-order valence-electron chi connectivity index (χ0n) is 7.49. The molecule has 6 heteroatoms. The molecule has 1 fully saturated rings. The largest absolute Gasteiger partial charge is 0.388 e. The zero-order chi connectivity index (χ0) is 9.47. The third kappa shape index (κ3) is 1.57. The van der Waals surface area contributed by atoms with Crippen molar-refractivity contribution < 1.29 is 5.11 Å². The molecule has 0 aromatic carbocycles. The van der Waals surface area contributed by atoms with E-state index < -0.39 is 5.60 Å². The molecule has 2 rings (SSSR count). The number of nitrogens with zero attached hydrogens (tertiary/aromatic N) is 3. The van der Waals surface area contributed by atoms with E-state index in [2.05, 4.69) is 15.2 Å². The average Bonchev–Trinajstić information content (AvgIpc) is 2.56. The summed E-state index contributed by atoms with van der Waals surface area (Å²) in [7, 11) is 0. The van der Waals surface area contributed by atoms with Gasteiger partial charge in [-0.05, 0) is 13.3 Å². The smallest absolute Gasteiger partial charge is 0.246 e. The lowest BCUT2D eigenvalue weighted by molar-refractivity contribution is 0.0838. The first-order chi connectivity index (χ1) is 6.07. The Kier molecular flexibility index (Phi) is 1.66. The van der Waals surface area contributed by atoms with Crippen LogP contribution in [0.1, 0.15) is 13.3 Å². The molecule has 6 nitrogen and oxygen atoms in total. The van der Waals surface area contributed by atoms with Crippen LogP contribution < -0.4 is 10.6 Å². The lowest BCUT2D eigenvalue weighted by Crippen LogP contribution is -2.30. The van der Waals surface area contributed by atoms with Crippen LogP contribution in [-0.2, 0) is 0 Å². The van der Waals surface area contributed by atoms with Crippen molar-refractivity contribution >= 4 is 11.9 Å². The molecule has 1 aromatic rings. The van der Waals surface area contributed by atoms with Crippen LogP contribution >= 0.6 is 0 Å². The highest BCUT2D eigenvalue weighted by Crippen LogP contribution is 2.23. The van der Waals surface area contributed by atoms with E-state index in [1.54, 1.807) is 0 Å². The predicted octanol–water partition coefficient (Wildman–Crippen LogP) is -0.652. The molecule has 72 valence electrons. The SMILES string of the molecule is CC1(O)CCN(c2n[nH]c(N)n2)C1. The van der Waals surface area contributed by atoms with Crippen molar-refractivity contribution in [2.75, 3.05) is 23.7 Å². The Morgan fingerprint density at radius 1 is 1.69 bits per heavy atom. The van der Waals surface area contributed by atoms with Crippen molar-refractivity contribution in [3.8, 4) is 0 Å². The fourth-order valence-electron chi connectivity index (χ4n) is 1.52. The molecule has 2 heterocycles. The first-order valence-electron chi connectivity index (χ1n) is 4.22. The number of rotatable bonds is 1. The Bertz CT molecular complexity index is 308. The van der Waals surface area contributed by atoms with E-state index in [9.17, 15) is 5.11 Å². The van der Waals surface area contributed by atoms with E-state index in [0.717, 1.165) is 13.0 Å². The van der Waals surface area contributed by atoms with Gasteiger partial charge in [-0.3, -0.25) is 0 Å². The molecule has 1 unspecified atom stereocenters. The maximum Gasteiger partial charge on any atom is 0.246 e. The summed E-state index contributed by atoms with van der Waals surface area (Å²) in [4.78, 5) is 5.89. The quantitative estimate of drug-likeness (QED) is 0.538. The number of aliphatic hydroxyl groups is 1. The second kappa shape index (κ2) is 2.59. The summed E-state index contributed by atoms with van der Waals surface area (Å²) in [6.45, 7) is 3.14. The van der Waals surface area contributed by atoms with Crippen LogP contribution in [0.2, 0.25) is 0 Å². The van der Waals surface area contributed by atoms with Gasteiger partial charge in [0.15, 0.2) is 0 Å². The number of nitrogen functional groups attached to an aromatic ring is 1. The minimum Gasteiger partial charge on any atom is -0.388 e. The number of hydrogen-bond acceptors (Lipinski definition) is 5. The number of nitrogens with one attached hydrogen (secondary N) is 1. The van der Waals surface area contributed by atoms with E-state index in [1.165, 1.54) is 0 Å². The lowest BCUT2D eigenvalue weighted by atomic mass is 10.1. The summed E-state index contributed by atoms with van der Waals surface area (Å²) in [6, 6.07) is 0.